The summed E-state index contributed by atoms with van der Waals surface area (Å²) >= 11 is 1.35. The molecule has 0 unspecified atom stereocenters. The predicted molar refractivity (Wildman–Crippen MR) is 84.3 cm³/mol. The molecule has 22 heavy (non-hydrogen) atoms. The van der Waals surface area contributed by atoms with Gasteiger partial charge in [0.05, 0.1) is 5.75 Å². The van der Waals surface area contributed by atoms with Crippen LogP contribution in [0, 0.1) is 13.8 Å². The number of rotatable bonds is 8. The van der Waals surface area contributed by atoms with Gasteiger partial charge in [0.15, 0.2) is 5.78 Å². The smallest absolute Gasteiger partial charge is 0.209 e. The van der Waals surface area contributed by atoms with Gasteiger partial charge in [-0.15, -0.1) is 5.10 Å². The quantitative estimate of drug-likeness (QED) is 0.418. The zero-order valence-corrected chi connectivity index (χ0v) is 14.2. The summed E-state index contributed by atoms with van der Waals surface area (Å²) < 4.78 is 8.81. The van der Waals surface area contributed by atoms with Crippen LogP contribution in [0.5, 0.6) is 0 Å². The van der Waals surface area contributed by atoms with Crippen molar-refractivity contribution in [2.45, 2.75) is 32.0 Å². The minimum absolute atomic E-state index is 0.0964. The Labute approximate surface area is 134 Å². The number of carbonyl (C=O) groups excluding carboxylic acids is 1. The van der Waals surface area contributed by atoms with Gasteiger partial charge in [0.1, 0.15) is 0 Å². The lowest BCUT2D eigenvalue weighted by Crippen LogP contribution is -2.08. The third-order valence-corrected chi connectivity index (χ3v) is 4.53. The summed E-state index contributed by atoms with van der Waals surface area (Å²) in [6.45, 7) is 5.59. The van der Waals surface area contributed by atoms with E-state index < -0.39 is 0 Å². The van der Waals surface area contributed by atoms with Crippen molar-refractivity contribution in [3.8, 4) is 0 Å². The molecule has 0 amide bonds. The van der Waals surface area contributed by atoms with Crippen molar-refractivity contribution in [2.24, 2.45) is 7.05 Å². The van der Waals surface area contributed by atoms with E-state index in [2.05, 4.69) is 20.1 Å². The van der Waals surface area contributed by atoms with Crippen molar-refractivity contribution in [1.82, 2.24) is 24.8 Å². The van der Waals surface area contributed by atoms with E-state index in [9.17, 15) is 4.79 Å². The van der Waals surface area contributed by atoms with Crippen LogP contribution in [0.4, 0.5) is 0 Å². The average molecular weight is 323 g/mol. The standard InChI is InChI=1S/C14H21N5O2S/c1-10-8-12(11(2)19(10)6-5-7-21-4)13(20)9-22-14-15-16-17-18(14)3/h8H,5-7,9H2,1-4H3. The first kappa shape index (κ1) is 16.7. The summed E-state index contributed by atoms with van der Waals surface area (Å²) in [5.41, 5.74) is 2.88. The molecule has 2 aromatic rings. The molecule has 0 aliphatic heterocycles. The topological polar surface area (TPSA) is 74.8 Å². The molecule has 0 aromatic carbocycles. The van der Waals surface area contributed by atoms with Gasteiger partial charge in [0, 0.05) is 44.3 Å². The molecule has 8 heteroatoms. The molecule has 0 N–H and O–H groups in total. The number of ether oxygens (including phenoxy) is 1. The highest BCUT2D eigenvalue weighted by Gasteiger charge is 2.16. The molecule has 0 spiro atoms. The van der Waals surface area contributed by atoms with E-state index in [0.29, 0.717) is 10.9 Å². The summed E-state index contributed by atoms with van der Waals surface area (Å²) in [7, 11) is 3.46. The molecule has 2 aromatic heterocycles. The van der Waals surface area contributed by atoms with Crippen LogP contribution in [0.25, 0.3) is 0 Å². The molecule has 0 fully saturated rings. The van der Waals surface area contributed by atoms with Gasteiger partial charge in [-0.05, 0) is 36.8 Å². The minimum atomic E-state index is 0.0964. The number of carbonyl (C=O) groups is 1. The number of ketones is 1. The van der Waals surface area contributed by atoms with Crippen molar-refractivity contribution in [3.63, 3.8) is 0 Å². The Kier molecular flexibility index (Phi) is 5.73. The number of methoxy groups -OCH3 is 1. The third kappa shape index (κ3) is 3.75. The van der Waals surface area contributed by atoms with Crippen LogP contribution in [0.15, 0.2) is 11.2 Å². The summed E-state index contributed by atoms with van der Waals surface area (Å²) in [6, 6.07) is 1.96. The maximum atomic E-state index is 12.4. The lowest BCUT2D eigenvalue weighted by Gasteiger charge is -2.09. The normalized spacial score (nSPS) is 11.1. The highest BCUT2D eigenvalue weighted by atomic mass is 32.2. The predicted octanol–water partition coefficient (Wildman–Crippen LogP) is 1.64. The lowest BCUT2D eigenvalue weighted by molar-refractivity contribution is 0.102. The zero-order chi connectivity index (χ0) is 16.1. The monoisotopic (exact) mass is 323 g/mol. The van der Waals surface area contributed by atoms with Crippen LogP contribution in [-0.2, 0) is 18.3 Å². The molecule has 0 saturated carbocycles. The molecule has 0 bridgehead atoms. The highest BCUT2D eigenvalue weighted by molar-refractivity contribution is 7.99. The maximum absolute atomic E-state index is 12.4. The first-order chi connectivity index (χ1) is 10.5. The minimum Gasteiger partial charge on any atom is -0.385 e. The summed E-state index contributed by atoms with van der Waals surface area (Å²) in [4.78, 5) is 12.4. The molecular formula is C14H21N5O2S. The second-order valence-electron chi connectivity index (χ2n) is 5.08. The lowest BCUT2D eigenvalue weighted by atomic mass is 10.2. The largest absolute Gasteiger partial charge is 0.385 e. The summed E-state index contributed by atoms with van der Waals surface area (Å²) in [6.07, 6.45) is 0.930. The Balaban J connectivity index is 2.03. The summed E-state index contributed by atoms with van der Waals surface area (Å²) in [5.74, 6) is 0.426. The first-order valence-electron chi connectivity index (χ1n) is 7.08. The number of hydrogen-bond donors (Lipinski definition) is 0. The Hall–Kier alpha value is -1.67. The zero-order valence-electron chi connectivity index (χ0n) is 13.4. The molecule has 7 nitrogen and oxygen atoms in total. The van der Waals surface area contributed by atoms with Gasteiger partial charge < -0.3 is 9.30 Å². The third-order valence-electron chi connectivity index (χ3n) is 3.52. The van der Waals surface area contributed by atoms with Crippen molar-refractivity contribution in [1.29, 1.82) is 0 Å². The summed E-state index contributed by atoms with van der Waals surface area (Å²) in [5, 5.41) is 11.8. The second kappa shape index (κ2) is 7.55. The number of aryl methyl sites for hydroxylation is 2. The Morgan fingerprint density at radius 2 is 2.18 bits per heavy atom. The van der Waals surface area contributed by atoms with Gasteiger partial charge in [-0.1, -0.05) is 11.8 Å². The van der Waals surface area contributed by atoms with E-state index in [1.165, 1.54) is 11.8 Å². The molecule has 0 aliphatic rings. The number of aromatic nitrogens is 5. The van der Waals surface area contributed by atoms with E-state index in [1.54, 1.807) is 18.8 Å². The van der Waals surface area contributed by atoms with Gasteiger partial charge in [-0.2, -0.15) is 0 Å². The van der Waals surface area contributed by atoms with E-state index in [1.807, 2.05) is 19.9 Å². The van der Waals surface area contributed by atoms with Crippen LogP contribution in [0.3, 0.4) is 0 Å². The molecule has 0 atom stereocenters. The van der Waals surface area contributed by atoms with Gasteiger partial charge in [0.25, 0.3) is 0 Å². The SMILES string of the molecule is COCCCn1c(C)cc(C(=O)CSc2nnnn2C)c1C. The average Bonchev–Trinajstić information content (AvgIpc) is 3.02. The van der Waals surface area contributed by atoms with Crippen LogP contribution < -0.4 is 0 Å². The van der Waals surface area contributed by atoms with Crippen molar-refractivity contribution < 1.29 is 9.53 Å². The Morgan fingerprint density at radius 1 is 1.41 bits per heavy atom. The number of tetrazole rings is 1. The molecule has 2 rings (SSSR count). The molecule has 0 saturated heterocycles. The number of Topliss-reactive ketones (excluding diaryl/α,β-unsaturated/α-hetero) is 1. The van der Waals surface area contributed by atoms with E-state index in [-0.39, 0.29) is 5.78 Å². The van der Waals surface area contributed by atoms with Crippen molar-refractivity contribution >= 4 is 17.5 Å². The Morgan fingerprint density at radius 3 is 2.82 bits per heavy atom. The number of nitrogens with zero attached hydrogens (tertiary/aromatic N) is 5. The fraction of sp³-hybridized carbons (Fsp3) is 0.571. The fourth-order valence-electron chi connectivity index (χ4n) is 2.35. The van der Waals surface area contributed by atoms with Gasteiger partial charge in [-0.3, -0.25) is 4.79 Å². The Bertz CT molecular complexity index is 650. The molecule has 0 aliphatic carbocycles. The number of hydrogen-bond acceptors (Lipinski definition) is 6. The van der Waals surface area contributed by atoms with Gasteiger partial charge in [-0.25, -0.2) is 4.68 Å². The second-order valence-corrected chi connectivity index (χ2v) is 6.02. The van der Waals surface area contributed by atoms with Crippen molar-refractivity contribution in [2.75, 3.05) is 19.5 Å². The highest BCUT2D eigenvalue weighted by Crippen LogP contribution is 2.20. The van der Waals surface area contributed by atoms with Crippen molar-refractivity contribution in [3.05, 3.63) is 23.0 Å². The van der Waals surface area contributed by atoms with Gasteiger partial charge in [0.2, 0.25) is 5.16 Å². The molecular weight excluding hydrogens is 302 g/mol. The number of thioether (sulfide) groups is 1. The molecule has 120 valence electrons. The van der Waals surface area contributed by atoms with Crippen LogP contribution in [0.2, 0.25) is 0 Å². The van der Waals surface area contributed by atoms with Crippen LogP contribution in [-0.4, -0.2) is 50.0 Å². The molecule has 0 radical (unpaired) electrons. The van der Waals surface area contributed by atoms with E-state index >= 15 is 0 Å². The van der Waals surface area contributed by atoms with E-state index in [0.717, 1.165) is 36.5 Å². The van der Waals surface area contributed by atoms with E-state index in [4.69, 9.17) is 4.74 Å². The van der Waals surface area contributed by atoms with Gasteiger partial charge >= 0.3 is 0 Å². The first-order valence-corrected chi connectivity index (χ1v) is 8.07. The fourth-order valence-corrected chi connectivity index (χ4v) is 3.08. The van der Waals surface area contributed by atoms with Crippen LogP contribution >= 0.6 is 11.8 Å². The van der Waals surface area contributed by atoms with Crippen LogP contribution in [0.1, 0.15) is 28.2 Å². The molecule has 2 heterocycles. The maximum Gasteiger partial charge on any atom is 0.209 e.